The van der Waals surface area contributed by atoms with Crippen LogP contribution in [0.3, 0.4) is 0 Å². The van der Waals surface area contributed by atoms with Crippen LogP contribution in [0.4, 0.5) is 0 Å². The first-order valence-corrected chi connectivity index (χ1v) is 8.29. The molecule has 4 aliphatic carbocycles. The maximum Gasteiger partial charge on any atom is 0.228 e. The van der Waals surface area contributed by atoms with E-state index < -0.39 is 0 Å². The molecule has 0 aromatic rings. The number of hydrogen-bond donors (Lipinski definition) is 1. The molecule has 5 rings (SSSR count). The number of nitrogens with zero attached hydrogens (tertiary/aromatic N) is 1. The van der Waals surface area contributed by atoms with Gasteiger partial charge in [-0.25, -0.2) is 0 Å². The van der Waals surface area contributed by atoms with Gasteiger partial charge in [-0.3, -0.25) is 4.79 Å². The first-order valence-electron chi connectivity index (χ1n) is 8.29. The van der Waals surface area contributed by atoms with Gasteiger partial charge in [-0.1, -0.05) is 13.8 Å². The molecule has 1 N–H and O–H groups in total. The zero-order valence-corrected chi connectivity index (χ0v) is 12.8. The predicted molar refractivity (Wildman–Crippen MR) is 77.0 cm³/mol. The summed E-state index contributed by atoms with van der Waals surface area (Å²) in [5.74, 6) is 1.13. The number of β-amino-alcohol motifs (C(OH)–C–C–N with tert-alkyl or cyclic N) is 1. The number of hydrogen-bond acceptors (Lipinski definition) is 2. The highest BCUT2D eigenvalue weighted by Crippen LogP contribution is 2.69. The Morgan fingerprint density at radius 2 is 1.75 bits per heavy atom. The summed E-state index contributed by atoms with van der Waals surface area (Å²) in [4.78, 5) is 15.1. The van der Waals surface area contributed by atoms with Gasteiger partial charge in [0.25, 0.3) is 0 Å². The predicted octanol–water partition coefficient (Wildman–Crippen LogP) is 2.58. The molecule has 5 aliphatic rings. The number of aliphatic hydroxyl groups excluding tert-OH is 1. The molecular weight excluding hydrogens is 250 g/mol. The quantitative estimate of drug-likeness (QED) is 0.800. The van der Waals surface area contributed by atoms with Crippen LogP contribution in [0.25, 0.3) is 0 Å². The SMILES string of the molecule is C[C@@]12CC3CC(C(=O)N4CC[C@H](O)C4)(C1)C[C@@](C)(C3)C2. The Balaban J connectivity index is 1.65. The highest BCUT2D eigenvalue weighted by molar-refractivity contribution is 5.84. The topological polar surface area (TPSA) is 40.5 Å². The number of carbonyl (C=O) groups is 1. The maximum atomic E-state index is 13.1. The van der Waals surface area contributed by atoms with Gasteiger partial charge in [0.1, 0.15) is 0 Å². The molecular formula is C17H27NO2. The lowest BCUT2D eigenvalue weighted by Crippen LogP contribution is -2.60. The van der Waals surface area contributed by atoms with Crippen molar-refractivity contribution < 1.29 is 9.90 Å². The van der Waals surface area contributed by atoms with Crippen LogP contribution < -0.4 is 0 Å². The lowest BCUT2D eigenvalue weighted by Gasteiger charge is -2.65. The van der Waals surface area contributed by atoms with Crippen LogP contribution in [-0.4, -0.2) is 35.1 Å². The Bertz CT molecular complexity index is 442. The molecule has 3 atom stereocenters. The molecule has 1 amide bonds. The molecule has 1 heterocycles. The van der Waals surface area contributed by atoms with Gasteiger partial charge in [-0.15, -0.1) is 0 Å². The summed E-state index contributed by atoms with van der Waals surface area (Å²) in [5.41, 5.74) is 0.692. The van der Waals surface area contributed by atoms with E-state index in [0.29, 0.717) is 23.3 Å². The van der Waals surface area contributed by atoms with E-state index in [9.17, 15) is 9.90 Å². The van der Waals surface area contributed by atoms with Crippen LogP contribution in [0.1, 0.15) is 58.8 Å². The van der Waals surface area contributed by atoms with Crippen LogP contribution in [0.15, 0.2) is 0 Å². The fourth-order valence-electron chi connectivity index (χ4n) is 6.95. The van der Waals surface area contributed by atoms with E-state index in [1.54, 1.807) is 0 Å². The van der Waals surface area contributed by atoms with Gasteiger partial charge in [0.05, 0.1) is 11.5 Å². The van der Waals surface area contributed by atoms with Crippen molar-refractivity contribution in [2.45, 2.75) is 64.9 Å². The van der Waals surface area contributed by atoms with E-state index in [1.165, 1.54) is 19.3 Å². The Labute approximate surface area is 121 Å². The van der Waals surface area contributed by atoms with Crippen molar-refractivity contribution in [3.8, 4) is 0 Å². The fourth-order valence-corrected chi connectivity index (χ4v) is 6.95. The zero-order chi connectivity index (χ0) is 14.2. The molecule has 0 aromatic carbocycles. The van der Waals surface area contributed by atoms with Crippen molar-refractivity contribution >= 4 is 5.91 Å². The number of aliphatic hydroxyl groups is 1. The summed E-state index contributed by atoms with van der Waals surface area (Å²) in [7, 11) is 0. The summed E-state index contributed by atoms with van der Waals surface area (Å²) in [5, 5.41) is 9.74. The van der Waals surface area contributed by atoms with Crippen molar-refractivity contribution in [1.82, 2.24) is 4.90 Å². The minimum Gasteiger partial charge on any atom is -0.391 e. The van der Waals surface area contributed by atoms with Gasteiger partial charge in [0, 0.05) is 13.1 Å². The van der Waals surface area contributed by atoms with Gasteiger partial charge in [-0.05, 0) is 61.7 Å². The monoisotopic (exact) mass is 277 g/mol. The Kier molecular flexibility index (Phi) is 2.49. The van der Waals surface area contributed by atoms with E-state index in [-0.39, 0.29) is 11.5 Å². The second kappa shape index (κ2) is 3.79. The van der Waals surface area contributed by atoms with Crippen LogP contribution in [-0.2, 0) is 4.79 Å². The third-order valence-corrected chi connectivity index (χ3v) is 6.53. The van der Waals surface area contributed by atoms with Gasteiger partial charge in [0.2, 0.25) is 5.91 Å². The van der Waals surface area contributed by atoms with E-state index in [0.717, 1.165) is 38.1 Å². The number of likely N-dealkylation sites (tertiary alicyclic amines) is 1. The molecule has 4 bridgehead atoms. The first kappa shape index (κ1) is 13.1. The standard InChI is InChI=1S/C17H27NO2/c1-15-5-12-6-16(2,9-15)11-17(7-12,10-15)14(20)18-4-3-13(19)8-18/h12-13,19H,3-11H2,1-2H3/t12?,13-,15-,16-,17?/m0/s1. The first-order chi connectivity index (χ1) is 9.32. The fraction of sp³-hybridized carbons (Fsp3) is 0.941. The molecule has 20 heavy (non-hydrogen) atoms. The average Bonchev–Trinajstić information content (AvgIpc) is 2.69. The zero-order valence-electron chi connectivity index (χ0n) is 12.8. The Hall–Kier alpha value is -0.570. The molecule has 1 aliphatic heterocycles. The second-order valence-corrected chi connectivity index (χ2v) is 9.10. The smallest absolute Gasteiger partial charge is 0.228 e. The van der Waals surface area contributed by atoms with Crippen LogP contribution in [0.2, 0.25) is 0 Å². The normalized spacial score (nSPS) is 53.6. The third kappa shape index (κ3) is 1.78. The van der Waals surface area contributed by atoms with E-state index in [2.05, 4.69) is 13.8 Å². The summed E-state index contributed by atoms with van der Waals surface area (Å²) in [6.07, 6.45) is 7.76. The largest absolute Gasteiger partial charge is 0.391 e. The molecule has 4 saturated carbocycles. The average molecular weight is 277 g/mol. The summed E-state index contributed by atoms with van der Waals surface area (Å²) >= 11 is 0. The van der Waals surface area contributed by atoms with Crippen LogP contribution >= 0.6 is 0 Å². The number of rotatable bonds is 1. The molecule has 0 spiro atoms. The Morgan fingerprint density at radius 3 is 2.25 bits per heavy atom. The van der Waals surface area contributed by atoms with Crippen molar-refractivity contribution in [2.75, 3.05) is 13.1 Å². The molecule has 3 heteroatoms. The van der Waals surface area contributed by atoms with Gasteiger partial charge in [0.15, 0.2) is 0 Å². The number of amides is 1. The van der Waals surface area contributed by atoms with E-state index >= 15 is 0 Å². The summed E-state index contributed by atoms with van der Waals surface area (Å²) in [6.45, 7) is 6.16. The van der Waals surface area contributed by atoms with Gasteiger partial charge < -0.3 is 10.0 Å². The van der Waals surface area contributed by atoms with Crippen molar-refractivity contribution in [3.05, 3.63) is 0 Å². The molecule has 5 fully saturated rings. The Morgan fingerprint density at radius 1 is 1.10 bits per heavy atom. The van der Waals surface area contributed by atoms with Crippen molar-refractivity contribution in [1.29, 1.82) is 0 Å². The van der Waals surface area contributed by atoms with Crippen molar-refractivity contribution in [2.24, 2.45) is 22.2 Å². The van der Waals surface area contributed by atoms with Gasteiger partial charge >= 0.3 is 0 Å². The highest BCUT2D eigenvalue weighted by Gasteiger charge is 2.63. The molecule has 0 aromatic heterocycles. The molecule has 112 valence electrons. The molecule has 0 radical (unpaired) electrons. The summed E-state index contributed by atoms with van der Waals surface area (Å²) < 4.78 is 0. The molecule has 0 unspecified atom stereocenters. The molecule has 1 saturated heterocycles. The number of carbonyl (C=O) groups excluding carboxylic acids is 1. The second-order valence-electron chi connectivity index (χ2n) is 9.10. The third-order valence-electron chi connectivity index (χ3n) is 6.53. The summed E-state index contributed by atoms with van der Waals surface area (Å²) in [6, 6.07) is 0. The van der Waals surface area contributed by atoms with Crippen LogP contribution in [0.5, 0.6) is 0 Å². The lowest BCUT2D eigenvalue weighted by molar-refractivity contribution is -0.178. The van der Waals surface area contributed by atoms with Crippen LogP contribution in [0, 0.1) is 22.2 Å². The van der Waals surface area contributed by atoms with Gasteiger partial charge in [-0.2, -0.15) is 0 Å². The minimum atomic E-state index is -0.293. The molecule has 3 nitrogen and oxygen atoms in total. The highest BCUT2D eigenvalue weighted by atomic mass is 16.3. The van der Waals surface area contributed by atoms with E-state index in [4.69, 9.17) is 0 Å². The van der Waals surface area contributed by atoms with E-state index in [1.807, 2.05) is 4.90 Å². The maximum absolute atomic E-state index is 13.1. The lowest BCUT2D eigenvalue weighted by atomic mass is 9.40. The van der Waals surface area contributed by atoms with Crippen molar-refractivity contribution in [3.63, 3.8) is 0 Å². The minimum absolute atomic E-state index is 0.0903.